The van der Waals surface area contributed by atoms with E-state index in [2.05, 4.69) is 57.4 Å². The lowest BCUT2D eigenvalue weighted by atomic mass is 9.77. The van der Waals surface area contributed by atoms with Crippen molar-refractivity contribution in [2.45, 2.75) is 58.3 Å². The number of carbonyl (C=O) groups excluding carboxylic acids is 1. The minimum Gasteiger partial charge on any atom is -1.00 e. The summed E-state index contributed by atoms with van der Waals surface area (Å²) >= 11 is 0. The highest BCUT2D eigenvalue weighted by Gasteiger charge is 2.34. The number of ketones is 1. The third kappa shape index (κ3) is 5.10. The summed E-state index contributed by atoms with van der Waals surface area (Å²) in [5.41, 5.74) is 8.59. The maximum atomic E-state index is 13.4. The molecule has 3 nitrogen and oxygen atoms in total. The Morgan fingerprint density at radius 2 is 1.81 bits per heavy atom. The van der Waals surface area contributed by atoms with Crippen molar-refractivity contribution < 1.29 is 22.1 Å². The van der Waals surface area contributed by atoms with Crippen molar-refractivity contribution in [3.8, 4) is 0 Å². The van der Waals surface area contributed by atoms with Crippen molar-refractivity contribution in [1.29, 1.82) is 0 Å². The largest absolute Gasteiger partial charge is 1.00 e. The number of allylic oxidation sites excluding steroid dienone is 1. The molecule has 4 heteroatoms. The highest BCUT2D eigenvalue weighted by Crippen LogP contribution is 2.38. The Kier molecular flexibility index (Phi) is 8.07. The molecular weight excluding hydrogens is 404 g/mol. The maximum absolute atomic E-state index is 13.4. The topological polar surface area (TPSA) is 34.4 Å². The molecule has 0 fully saturated rings. The van der Waals surface area contributed by atoms with Gasteiger partial charge in [0.2, 0.25) is 0 Å². The first-order valence-corrected chi connectivity index (χ1v) is 11.7. The fourth-order valence-electron chi connectivity index (χ4n) is 5.17. The highest BCUT2D eigenvalue weighted by molar-refractivity contribution is 5.99. The minimum atomic E-state index is 0. The van der Waals surface area contributed by atoms with E-state index in [1.165, 1.54) is 52.0 Å². The smallest absolute Gasteiger partial charge is 0.190 e. The van der Waals surface area contributed by atoms with Crippen LogP contribution in [0, 0.1) is 5.92 Å². The zero-order valence-electron chi connectivity index (χ0n) is 19.1. The number of pyridine rings is 1. The second-order valence-corrected chi connectivity index (χ2v) is 9.29. The van der Waals surface area contributed by atoms with E-state index >= 15 is 0 Å². The maximum Gasteiger partial charge on any atom is 0.190 e. The van der Waals surface area contributed by atoms with Crippen LogP contribution >= 0.6 is 0 Å². The molecule has 1 heterocycles. The molecule has 2 aliphatic carbocycles. The van der Waals surface area contributed by atoms with E-state index in [0.717, 1.165) is 50.0 Å². The summed E-state index contributed by atoms with van der Waals surface area (Å²) in [6, 6.07) is 10.5. The monoisotopic (exact) mass is 438 g/mol. The van der Waals surface area contributed by atoms with Crippen LogP contribution in [0.15, 0.2) is 30.3 Å². The number of Topliss-reactive ketones (excluding diaryl/α,β-unsaturated/α-hetero) is 1. The molecule has 1 N–H and O–H groups in total. The number of halogens is 1. The van der Waals surface area contributed by atoms with Gasteiger partial charge < -0.3 is 17.3 Å². The van der Waals surface area contributed by atoms with Gasteiger partial charge in [0.25, 0.3) is 0 Å². The Bertz CT molecular complexity index is 949. The van der Waals surface area contributed by atoms with E-state index in [1.54, 1.807) is 0 Å². The van der Waals surface area contributed by atoms with Gasteiger partial charge in [-0.05, 0) is 78.8 Å². The number of fused-ring (bicyclic) bond motifs is 2. The predicted molar refractivity (Wildman–Crippen MR) is 124 cm³/mol. The van der Waals surface area contributed by atoms with Crippen molar-refractivity contribution in [1.82, 2.24) is 4.98 Å². The molecule has 1 unspecified atom stereocenters. The van der Waals surface area contributed by atoms with Gasteiger partial charge in [-0.2, -0.15) is 0 Å². The molecule has 0 saturated carbocycles. The lowest BCUT2D eigenvalue weighted by molar-refractivity contribution is -0.860. The Balaban J connectivity index is 0.00000272. The van der Waals surface area contributed by atoms with Crippen LogP contribution in [0.1, 0.15) is 77.5 Å². The number of hydrogen-bond donors (Lipinski definition) is 1. The van der Waals surface area contributed by atoms with E-state index in [9.17, 15) is 4.79 Å². The number of rotatable bonds is 6. The Hall–Kier alpha value is -1.97. The van der Waals surface area contributed by atoms with Gasteiger partial charge in [0, 0.05) is 0 Å². The fourth-order valence-corrected chi connectivity index (χ4v) is 5.17. The molecular formula is C27H35ClN2O. The Morgan fingerprint density at radius 3 is 2.52 bits per heavy atom. The molecule has 4 rings (SSSR count). The summed E-state index contributed by atoms with van der Waals surface area (Å²) in [5, 5.41) is 0. The summed E-state index contributed by atoms with van der Waals surface area (Å²) in [4.78, 5) is 19.9. The molecule has 0 spiro atoms. The van der Waals surface area contributed by atoms with E-state index in [4.69, 9.17) is 4.98 Å². The molecule has 1 aromatic carbocycles. The summed E-state index contributed by atoms with van der Waals surface area (Å²) in [6.45, 7) is 3.15. The third-order valence-electron chi connectivity index (χ3n) is 6.62. The molecule has 166 valence electrons. The van der Waals surface area contributed by atoms with Gasteiger partial charge in [-0.1, -0.05) is 43.7 Å². The second kappa shape index (κ2) is 10.6. The predicted octanol–water partition coefficient (Wildman–Crippen LogP) is 1.19. The molecule has 2 aliphatic rings. The molecule has 0 saturated heterocycles. The van der Waals surface area contributed by atoms with Gasteiger partial charge in [-0.25, -0.2) is 4.98 Å². The first-order chi connectivity index (χ1) is 14.6. The highest BCUT2D eigenvalue weighted by atomic mass is 35.5. The van der Waals surface area contributed by atoms with Crippen LogP contribution in [0.2, 0.25) is 0 Å². The van der Waals surface area contributed by atoms with Gasteiger partial charge in [0.1, 0.15) is 5.69 Å². The standard InChI is InChI=1S/C27H34N2O.ClH/c1-4-5-13-22-23-14-9-12-20(17-19-10-7-6-8-11-19)25(23)28-26-24(22)16-15-21(27(26)30)18-29(2)3;/h6-8,10-11,17,21H,4-5,9,12-16,18H2,1-3H3;1H/b20-17+;. The zero-order chi connectivity index (χ0) is 21.1. The number of nitrogens with one attached hydrogen (secondary N) is 1. The zero-order valence-corrected chi connectivity index (χ0v) is 19.9. The molecule has 1 aromatic heterocycles. The SMILES string of the molecule is CCCCc1c2c(nc3c1CCC/C3=C\c1ccccc1)C(=O)C(C[NH+](C)C)CC2.[Cl-]. The molecule has 31 heavy (non-hydrogen) atoms. The first kappa shape index (κ1) is 23.7. The van der Waals surface area contributed by atoms with Crippen LogP contribution in [-0.2, 0) is 19.3 Å². The summed E-state index contributed by atoms with van der Waals surface area (Å²) < 4.78 is 0. The number of aromatic nitrogens is 1. The third-order valence-corrected chi connectivity index (χ3v) is 6.62. The molecule has 2 aromatic rings. The normalized spacial score (nSPS) is 19.2. The fraction of sp³-hybridized carbons (Fsp3) is 0.481. The molecule has 0 aliphatic heterocycles. The van der Waals surface area contributed by atoms with Crippen molar-refractivity contribution in [2.24, 2.45) is 5.92 Å². The van der Waals surface area contributed by atoms with Crippen LogP contribution in [0.5, 0.6) is 0 Å². The molecule has 0 radical (unpaired) electrons. The van der Waals surface area contributed by atoms with Gasteiger partial charge in [-0.3, -0.25) is 4.79 Å². The molecule has 0 bridgehead atoms. The number of benzene rings is 1. The van der Waals surface area contributed by atoms with Crippen LogP contribution < -0.4 is 17.3 Å². The van der Waals surface area contributed by atoms with Crippen LogP contribution in [0.25, 0.3) is 11.6 Å². The Labute approximate surface area is 193 Å². The van der Waals surface area contributed by atoms with Gasteiger partial charge in [0.15, 0.2) is 5.78 Å². The van der Waals surface area contributed by atoms with Crippen molar-refractivity contribution >= 4 is 17.4 Å². The number of quaternary nitrogens is 1. The molecule has 1 atom stereocenters. The average molecular weight is 439 g/mol. The van der Waals surface area contributed by atoms with Gasteiger partial charge >= 0.3 is 0 Å². The number of hydrogen-bond acceptors (Lipinski definition) is 2. The lowest BCUT2D eigenvalue weighted by Gasteiger charge is -2.30. The van der Waals surface area contributed by atoms with Gasteiger partial charge in [-0.15, -0.1) is 0 Å². The number of nitrogens with zero attached hydrogens (tertiary/aromatic N) is 1. The van der Waals surface area contributed by atoms with Crippen LogP contribution in [-0.4, -0.2) is 31.4 Å². The van der Waals surface area contributed by atoms with E-state index in [0.29, 0.717) is 0 Å². The summed E-state index contributed by atoms with van der Waals surface area (Å²) in [7, 11) is 4.27. The number of carbonyl (C=O) groups is 1. The lowest BCUT2D eigenvalue weighted by Crippen LogP contribution is -3.06. The van der Waals surface area contributed by atoms with Crippen molar-refractivity contribution in [2.75, 3.05) is 20.6 Å². The number of unbranched alkanes of at least 4 members (excludes halogenated alkanes) is 1. The van der Waals surface area contributed by atoms with Crippen LogP contribution in [0.3, 0.4) is 0 Å². The second-order valence-electron chi connectivity index (χ2n) is 9.29. The van der Waals surface area contributed by atoms with E-state index < -0.39 is 0 Å². The van der Waals surface area contributed by atoms with Gasteiger partial charge in [0.05, 0.1) is 32.3 Å². The Morgan fingerprint density at radius 1 is 1.06 bits per heavy atom. The van der Waals surface area contributed by atoms with Crippen molar-refractivity contribution in [3.63, 3.8) is 0 Å². The van der Waals surface area contributed by atoms with E-state index in [-0.39, 0.29) is 24.1 Å². The van der Waals surface area contributed by atoms with Crippen LogP contribution in [0.4, 0.5) is 0 Å². The minimum absolute atomic E-state index is 0. The van der Waals surface area contributed by atoms with E-state index in [1.807, 2.05) is 0 Å². The molecule has 0 amide bonds. The first-order valence-electron chi connectivity index (χ1n) is 11.7. The van der Waals surface area contributed by atoms with Crippen molar-refractivity contribution in [3.05, 3.63) is 64.0 Å². The quantitative estimate of drug-likeness (QED) is 0.735. The average Bonchev–Trinajstić information content (AvgIpc) is 2.74. The summed E-state index contributed by atoms with van der Waals surface area (Å²) in [6.07, 6.45) is 11.0. The summed E-state index contributed by atoms with van der Waals surface area (Å²) in [5.74, 6) is 0.389.